The summed E-state index contributed by atoms with van der Waals surface area (Å²) in [5.74, 6) is 2.03. The molecule has 1 unspecified atom stereocenters. The Kier molecular flexibility index (Phi) is 8.20. The Morgan fingerprint density at radius 3 is 2.24 bits per heavy atom. The smallest absolute Gasteiger partial charge is 0.225 e. The SMILES string of the molecule is C[C@H](CNC1CCC(Nc2nc(N(C)C)c3ccccc3n2)CC1)c1cccc(C(O)c2ccccc2)c1. The van der Waals surface area contributed by atoms with Crippen molar-refractivity contribution in [2.24, 2.45) is 0 Å². The fourth-order valence-electron chi connectivity index (χ4n) is 5.41. The molecule has 0 spiro atoms. The monoisotopic (exact) mass is 509 g/mol. The van der Waals surface area contributed by atoms with Crippen molar-refractivity contribution in [2.45, 2.75) is 56.7 Å². The normalized spacial score (nSPS) is 19.2. The third kappa shape index (κ3) is 6.14. The molecule has 1 saturated carbocycles. The van der Waals surface area contributed by atoms with Gasteiger partial charge >= 0.3 is 0 Å². The van der Waals surface area contributed by atoms with Crippen LogP contribution in [0, 0.1) is 0 Å². The predicted octanol–water partition coefficient (Wildman–Crippen LogP) is 5.89. The molecule has 2 atom stereocenters. The van der Waals surface area contributed by atoms with E-state index in [2.05, 4.69) is 52.8 Å². The van der Waals surface area contributed by atoms with E-state index >= 15 is 0 Å². The van der Waals surface area contributed by atoms with Gasteiger partial charge in [-0.3, -0.25) is 0 Å². The second-order valence-electron chi connectivity index (χ2n) is 10.8. The Morgan fingerprint density at radius 2 is 1.47 bits per heavy atom. The fourth-order valence-corrected chi connectivity index (χ4v) is 5.41. The maximum Gasteiger partial charge on any atom is 0.225 e. The van der Waals surface area contributed by atoms with E-state index in [9.17, 15) is 5.11 Å². The largest absolute Gasteiger partial charge is 0.384 e. The van der Waals surface area contributed by atoms with Crippen molar-refractivity contribution in [3.05, 3.63) is 95.6 Å². The van der Waals surface area contributed by atoms with Gasteiger partial charge in [0.05, 0.1) is 5.52 Å². The Balaban J connectivity index is 1.13. The quantitative estimate of drug-likeness (QED) is 0.261. The van der Waals surface area contributed by atoms with Crippen molar-refractivity contribution in [3.63, 3.8) is 0 Å². The molecule has 1 heterocycles. The van der Waals surface area contributed by atoms with Gasteiger partial charge in [0.1, 0.15) is 11.9 Å². The highest BCUT2D eigenvalue weighted by molar-refractivity contribution is 5.90. The molecule has 6 heteroatoms. The first-order valence-corrected chi connectivity index (χ1v) is 13.7. The van der Waals surface area contributed by atoms with Crippen molar-refractivity contribution >= 4 is 22.7 Å². The van der Waals surface area contributed by atoms with E-state index in [4.69, 9.17) is 9.97 Å². The zero-order valence-corrected chi connectivity index (χ0v) is 22.6. The van der Waals surface area contributed by atoms with Gasteiger partial charge in [-0.2, -0.15) is 4.98 Å². The first-order chi connectivity index (χ1) is 18.5. The second-order valence-corrected chi connectivity index (χ2v) is 10.8. The summed E-state index contributed by atoms with van der Waals surface area (Å²) in [6, 6.07) is 27.3. The van der Waals surface area contributed by atoms with Gasteiger partial charge in [-0.1, -0.05) is 73.7 Å². The van der Waals surface area contributed by atoms with Crippen LogP contribution in [-0.2, 0) is 0 Å². The molecule has 0 amide bonds. The molecule has 0 saturated heterocycles. The summed E-state index contributed by atoms with van der Waals surface area (Å²) < 4.78 is 0. The van der Waals surface area contributed by atoms with Crippen LogP contribution in [-0.4, -0.2) is 47.8 Å². The number of aliphatic hydroxyl groups is 1. The van der Waals surface area contributed by atoms with E-state index in [0.717, 1.165) is 66.0 Å². The molecule has 3 aromatic carbocycles. The number of benzene rings is 3. The van der Waals surface area contributed by atoms with Gasteiger partial charge in [0.15, 0.2) is 0 Å². The lowest BCUT2D eigenvalue weighted by atomic mass is 9.90. The van der Waals surface area contributed by atoms with Crippen LogP contribution in [0.25, 0.3) is 10.9 Å². The Morgan fingerprint density at radius 1 is 0.816 bits per heavy atom. The van der Waals surface area contributed by atoms with E-state index in [-0.39, 0.29) is 0 Å². The minimum Gasteiger partial charge on any atom is -0.384 e. The van der Waals surface area contributed by atoms with E-state index in [1.165, 1.54) is 5.56 Å². The van der Waals surface area contributed by atoms with Gasteiger partial charge in [-0.15, -0.1) is 0 Å². The molecule has 1 fully saturated rings. The highest BCUT2D eigenvalue weighted by Gasteiger charge is 2.23. The topological polar surface area (TPSA) is 73.3 Å². The Bertz CT molecular complexity index is 1330. The van der Waals surface area contributed by atoms with Crippen LogP contribution in [0.4, 0.5) is 11.8 Å². The minimum absolute atomic E-state index is 0.365. The van der Waals surface area contributed by atoms with Gasteiger partial charge < -0.3 is 20.6 Å². The molecule has 4 aromatic rings. The summed E-state index contributed by atoms with van der Waals surface area (Å²) in [5.41, 5.74) is 4.09. The van der Waals surface area contributed by atoms with Gasteiger partial charge in [-0.25, -0.2) is 4.98 Å². The number of aromatic nitrogens is 2. The number of para-hydroxylation sites is 1. The standard InChI is InChI=1S/C32H39N5O/c1-22(24-12-9-13-25(20-24)30(38)23-10-5-4-6-11-23)21-33-26-16-18-27(19-17-26)34-32-35-29-15-8-7-14-28(29)31(36-32)37(2)3/h4-15,20,22,26-27,30,33,38H,16-19,21H2,1-3H3,(H,34,35,36)/t22-,26?,27?,30?/m1/s1. The fraction of sp³-hybridized carbons (Fsp3) is 0.375. The molecular weight excluding hydrogens is 470 g/mol. The number of nitrogens with zero attached hydrogens (tertiary/aromatic N) is 3. The molecular formula is C32H39N5O. The first kappa shape index (κ1) is 26.1. The summed E-state index contributed by atoms with van der Waals surface area (Å²) in [6.45, 7) is 3.18. The molecule has 0 bridgehead atoms. The summed E-state index contributed by atoms with van der Waals surface area (Å²) in [6.07, 6.45) is 3.85. The number of aliphatic hydroxyl groups excluding tert-OH is 1. The van der Waals surface area contributed by atoms with Crippen LogP contribution in [0.3, 0.4) is 0 Å². The van der Waals surface area contributed by atoms with Crippen LogP contribution in [0.15, 0.2) is 78.9 Å². The number of hydrogen-bond acceptors (Lipinski definition) is 6. The predicted molar refractivity (Wildman–Crippen MR) is 157 cm³/mol. The first-order valence-electron chi connectivity index (χ1n) is 13.7. The average Bonchev–Trinajstić information content (AvgIpc) is 2.96. The number of fused-ring (bicyclic) bond motifs is 1. The number of rotatable bonds is 9. The number of anilines is 2. The minimum atomic E-state index is -0.598. The lowest BCUT2D eigenvalue weighted by Crippen LogP contribution is -2.38. The molecule has 0 aliphatic heterocycles. The van der Waals surface area contributed by atoms with Crippen molar-refractivity contribution in [3.8, 4) is 0 Å². The molecule has 6 nitrogen and oxygen atoms in total. The Labute approximate surface area is 226 Å². The highest BCUT2D eigenvalue weighted by Crippen LogP contribution is 2.28. The van der Waals surface area contributed by atoms with Crippen molar-refractivity contribution < 1.29 is 5.11 Å². The molecule has 38 heavy (non-hydrogen) atoms. The molecule has 0 radical (unpaired) electrons. The Hall–Kier alpha value is -3.48. The van der Waals surface area contributed by atoms with Crippen LogP contribution < -0.4 is 15.5 Å². The van der Waals surface area contributed by atoms with E-state index in [1.807, 2.05) is 62.6 Å². The van der Waals surface area contributed by atoms with Crippen LogP contribution in [0.1, 0.15) is 61.3 Å². The third-order valence-corrected chi connectivity index (χ3v) is 7.69. The van der Waals surface area contributed by atoms with Crippen LogP contribution in [0.5, 0.6) is 0 Å². The van der Waals surface area contributed by atoms with E-state index in [1.54, 1.807) is 0 Å². The van der Waals surface area contributed by atoms with Crippen LogP contribution in [0.2, 0.25) is 0 Å². The zero-order valence-electron chi connectivity index (χ0n) is 22.6. The van der Waals surface area contributed by atoms with Crippen molar-refractivity contribution in [1.29, 1.82) is 0 Å². The van der Waals surface area contributed by atoms with Gasteiger partial charge in [0.2, 0.25) is 5.95 Å². The summed E-state index contributed by atoms with van der Waals surface area (Å²) in [4.78, 5) is 11.6. The maximum absolute atomic E-state index is 10.8. The molecule has 1 aliphatic carbocycles. The third-order valence-electron chi connectivity index (χ3n) is 7.69. The molecule has 3 N–H and O–H groups in total. The maximum atomic E-state index is 10.8. The lowest BCUT2D eigenvalue weighted by Gasteiger charge is -2.31. The summed E-state index contributed by atoms with van der Waals surface area (Å²) >= 11 is 0. The molecule has 198 valence electrons. The van der Waals surface area contributed by atoms with Crippen LogP contribution >= 0.6 is 0 Å². The number of hydrogen-bond donors (Lipinski definition) is 3. The lowest BCUT2D eigenvalue weighted by molar-refractivity contribution is 0.220. The highest BCUT2D eigenvalue weighted by atomic mass is 16.3. The summed E-state index contributed by atoms with van der Waals surface area (Å²) in [7, 11) is 4.05. The second kappa shape index (κ2) is 11.9. The van der Waals surface area contributed by atoms with E-state index < -0.39 is 6.10 Å². The molecule has 1 aliphatic rings. The number of nitrogens with one attached hydrogen (secondary N) is 2. The zero-order chi connectivity index (χ0) is 26.5. The van der Waals surface area contributed by atoms with Gasteiger partial charge in [-0.05, 0) is 60.4 Å². The van der Waals surface area contributed by atoms with Crippen molar-refractivity contribution in [2.75, 3.05) is 30.9 Å². The molecule has 1 aromatic heterocycles. The van der Waals surface area contributed by atoms with Gasteiger partial charge in [0, 0.05) is 38.1 Å². The van der Waals surface area contributed by atoms with Gasteiger partial charge in [0.25, 0.3) is 0 Å². The van der Waals surface area contributed by atoms with E-state index in [0.29, 0.717) is 18.0 Å². The molecule has 5 rings (SSSR count). The van der Waals surface area contributed by atoms with Crippen molar-refractivity contribution in [1.82, 2.24) is 15.3 Å². The summed E-state index contributed by atoms with van der Waals surface area (Å²) in [5, 5.41) is 19.3. The average molecular weight is 510 g/mol.